The van der Waals surface area contributed by atoms with Crippen LogP contribution < -0.4 is 0 Å². The van der Waals surface area contributed by atoms with Crippen molar-refractivity contribution in [2.24, 2.45) is 0 Å². The molecular formula is C9H13F7O3S. The van der Waals surface area contributed by atoms with Crippen molar-refractivity contribution >= 4 is 10.1 Å². The molecule has 0 amide bonds. The van der Waals surface area contributed by atoms with Crippen molar-refractivity contribution in [3.63, 3.8) is 0 Å². The molecule has 0 aliphatic heterocycles. The Morgan fingerprint density at radius 2 is 1.15 bits per heavy atom. The van der Waals surface area contributed by atoms with Crippen LogP contribution in [0, 0.1) is 0 Å². The van der Waals surface area contributed by atoms with Crippen LogP contribution in [0.5, 0.6) is 0 Å². The highest BCUT2D eigenvalue weighted by Crippen LogP contribution is 2.49. The molecule has 20 heavy (non-hydrogen) atoms. The third kappa shape index (κ3) is 5.81. The van der Waals surface area contributed by atoms with Crippen LogP contribution in [0.1, 0.15) is 32.1 Å². The summed E-state index contributed by atoms with van der Waals surface area (Å²) in [4.78, 5) is 0. The van der Waals surface area contributed by atoms with Gasteiger partial charge in [0.15, 0.2) is 0 Å². The highest BCUT2D eigenvalue weighted by molar-refractivity contribution is 7.85. The van der Waals surface area contributed by atoms with Gasteiger partial charge in [0.2, 0.25) is 0 Å². The van der Waals surface area contributed by atoms with Crippen molar-refractivity contribution in [2.45, 2.75) is 50.1 Å². The fourth-order valence-corrected chi connectivity index (χ4v) is 2.02. The third-order valence-corrected chi connectivity index (χ3v) is 3.38. The molecule has 0 aliphatic carbocycles. The molecule has 0 spiro atoms. The number of hydrogen-bond donors (Lipinski definition) is 1. The summed E-state index contributed by atoms with van der Waals surface area (Å²) in [6, 6.07) is 0. The largest absolute Gasteiger partial charge is 0.431 e. The van der Waals surface area contributed by atoms with Crippen molar-refractivity contribution < 1.29 is 43.7 Å². The summed E-state index contributed by atoms with van der Waals surface area (Å²) in [5.41, 5.74) is -5.26. The molecule has 0 heterocycles. The molecule has 0 aromatic carbocycles. The quantitative estimate of drug-likeness (QED) is 0.439. The van der Waals surface area contributed by atoms with Gasteiger partial charge < -0.3 is 0 Å². The minimum Gasteiger partial charge on any atom is -0.286 e. The maximum atomic E-state index is 13.1. The highest BCUT2D eigenvalue weighted by Gasteiger charge is 2.71. The lowest BCUT2D eigenvalue weighted by molar-refractivity contribution is -0.343. The Morgan fingerprint density at radius 1 is 0.750 bits per heavy atom. The van der Waals surface area contributed by atoms with E-state index in [1.165, 1.54) is 0 Å². The van der Waals surface area contributed by atoms with Crippen LogP contribution >= 0.6 is 0 Å². The minimum atomic E-state index is -6.06. The Labute approximate surface area is 110 Å². The van der Waals surface area contributed by atoms with E-state index in [1.807, 2.05) is 0 Å². The first-order chi connectivity index (χ1) is 8.71. The minimum absolute atomic E-state index is 0.0361. The summed E-state index contributed by atoms with van der Waals surface area (Å²) >= 11 is 0. The Kier molecular flexibility index (Phi) is 6.27. The van der Waals surface area contributed by atoms with E-state index in [1.54, 1.807) is 0 Å². The molecule has 0 atom stereocenters. The monoisotopic (exact) mass is 334 g/mol. The predicted octanol–water partition coefficient (Wildman–Crippen LogP) is 3.66. The van der Waals surface area contributed by atoms with Gasteiger partial charge in [0.1, 0.15) is 0 Å². The van der Waals surface area contributed by atoms with Gasteiger partial charge in [0.25, 0.3) is 15.8 Å². The van der Waals surface area contributed by atoms with Crippen LogP contribution in [-0.2, 0) is 10.1 Å². The fourth-order valence-electron chi connectivity index (χ4n) is 1.45. The van der Waals surface area contributed by atoms with Gasteiger partial charge in [0, 0.05) is 0 Å². The average Bonchev–Trinajstić information content (AvgIpc) is 2.17. The van der Waals surface area contributed by atoms with Gasteiger partial charge in [-0.3, -0.25) is 4.55 Å². The maximum Gasteiger partial charge on any atom is 0.431 e. The van der Waals surface area contributed by atoms with Gasteiger partial charge in [-0.1, -0.05) is 12.8 Å². The molecule has 0 fully saturated rings. The predicted molar refractivity (Wildman–Crippen MR) is 55.4 cm³/mol. The Balaban J connectivity index is 4.33. The molecule has 0 aromatic heterocycles. The molecular weight excluding hydrogens is 321 g/mol. The molecule has 0 radical (unpaired) electrons. The van der Waals surface area contributed by atoms with E-state index >= 15 is 0 Å². The van der Waals surface area contributed by atoms with Gasteiger partial charge in [0.05, 0.1) is 5.75 Å². The van der Waals surface area contributed by atoms with Crippen molar-refractivity contribution in [2.75, 3.05) is 5.75 Å². The van der Waals surface area contributed by atoms with E-state index in [0.717, 1.165) is 0 Å². The van der Waals surface area contributed by atoms with Crippen LogP contribution in [0.3, 0.4) is 0 Å². The molecule has 0 aliphatic rings. The van der Waals surface area contributed by atoms with E-state index < -0.39 is 46.7 Å². The summed E-state index contributed by atoms with van der Waals surface area (Å²) in [6.45, 7) is 0. The second-order valence-electron chi connectivity index (χ2n) is 4.25. The summed E-state index contributed by atoms with van der Waals surface area (Å²) in [5.74, 6) is -0.647. The highest BCUT2D eigenvalue weighted by atomic mass is 32.2. The maximum absolute atomic E-state index is 13.1. The van der Waals surface area contributed by atoms with Crippen LogP contribution in [-0.4, -0.2) is 36.7 Å². The SMILES string of the molecule is O=S(=O)(O)CCCCCCC(F)(C(F)(F)F)C(F)(F)F. The second-order valence-corrected chi connectivity index (χ2v) is 5.82. The molecule has 0 aromatic rings. The summed E-state index contributed by atoms with van der Waals surface area (Å²) < 4.78 is 115. The zero-order valence-corrected chi connectivity index (χ0v) is 10.9. The standard InChI is InChI=1S/C9H13F7O3S/c10-7(8(11,12)13,9(14,15)16)5-3-1-2-4-6-20(17,18)19/h1-6H2,(H,17,18,19). The summed E-state index contributed by atoms with van der Waals surface area (Å²) in [7, 11) is -4.22. The molecule has 0 bridgehead atoms. The topological polar surface area (TPSA) is 54.4 Å². The van der Waals surface area contributed by atoms with E-state index in [0.29, 0.717) is 0 Å². The fraction of sp³-hybridized carbons (Fsp3) is 1.00. The third-order valence-electron chi connectivity index (χ3n) is 2.57. The Morgan fingerprint density at radius 3 is 1.50 bits per heavy atom. The normalized spacial score (nSPS) is 14.6. The van der Waals surface area contributed by atoms with Crippen LogP contribution in [0.4, 0.5) is 30.7 Å². The number of hydrogen-bond acceptors (Lipinski definition) is 2. The molecule has 0 saturated heterocycles. The number of rotatable bonds is 7. The molecule has 1 N–H and O–H groups in total. The first-order valence-electron chi connectivity index (χ1n) is 5.48. The Bertz CT molecular complexity index is 385. The molecule has 3 nitrogen and oxygen atoms in total. The van der Waals surface area contributed by atoms with Crippen LogP contribution in [0.25, 0.3) is 0 Å². The average molecular weight is 334 g/mol. The molecule has 0 saturated carbocycles. The molecule has 0 unspecified atom stereocenters. The summed E-state index contributed by atoms with van der Waals surface area (Å²) in [6.07, 6.45) is -15.0. The zero-order valence-electron chi connectivity index (χ0n) is 10.1. The smallest absolute Gasteiger partial charge is 0.286 e. The summed E-state index contributed by atoms with van der Waals surface area (Å²) in [5, 5.41) is 0. The van der Waals surface area contributed by atoms with E-state index in [9.17, 15) is 39.2 Å². The van der Waals surface area contributed by atoms with Crippen LogP contribution in [0.2, 0.25) is 0 Å². The molecule has 11 heteroatoms. The van der Waals surface area contributed by atoms with Gasteiger partial charge in [-0.05, 0) is 19.3 Å². The molecule has 0 rings (SSSR count). The van der Waals surface area contributed by atoms with Crippen molar-refractivity contribution in [1.82, 2.24) is 0 Å². The van der Waals surface area contributed by atoms with E-state index in [2.05, 4.69) is 0 Å². The lowest BCUT2D eigenvalue weighted by Crippen LogP contribution is -2.53. The number of halogens is 7. The lowest BCUT2D eigenvalue weighted by Gasteiger charge is -2.29. The number of unbranched alkanes of at least 4 members (excludes halogenated alkanes) is 3. The van der Waals surface area contributed by atoms with Gasteiger partial charge >= 0.3 is 12.4 Å². The van der Waals surface area contributed by atoms with Crippen LogP contribution in [0.15, 0.2) is 0 Å². The first-order valence-corrected chi connectivity index (χ1v) is 7.09. The van der Waals surface area contributed by atoms with E-state index in [4.69, 9.17) is 4.55 Å². The first kappa shape index (κ1) is 19.4. The zero-order chi connectivity index (χ0) is 16.2. The molecule has 122 valence electrons. The van der Waals surface area contributed by atoms with Crippen molar-refractivity contribution in [3.8, 4) is 0 Å². The van der Waals surface area contributed by atoms with Crippen molar-refractivity contribution in [1.29, 1.82) is 0 Å². The van der Waals surface area contributed by atoms with E-state index in [-0.39, 0.29) is 19.3 Å². The number of alkyl halides is 7. The van der Waals surface area contributed by atoms with Gasteiger partial charge in [-0.15, -0.1) is 0 Å². The Hall–Kier alpha value is -0.580. The lowest BCUT2D eigenvalue weighted by atomic mass is 9.96. The van der Waals surface area contributed by atoms with Crippen molar-refractivity contribution in [3.05, 3.63) is 0 Å². The second kappa shape index (κ2) is 6.46. The van der Waals surface area contributed by atoms with Gasteiger partial charge in [-0.2, -0.15) is 34.8 Å². The van der Waals surface area contributed by atoms with Gasteiger partial charge in [-0.25, -0.2) is 4.39 Å².